The number of carbonyl (C=O) groups excluding carboxylic acids is 1. The molecule has 1 fully saturated rings. The average molecular weight is 306 g/mol. The molecule has 21 heavy (non-hydrogen) atoms. The Bertz CT molecular complexity index is 475. The summed E-state index contributed by atoms with van der Waals surface area (Å²) in [6, 6.07) is 8.65. The van der Waals surface area contributed by atoms with Gasteiger partial charge >= 0.3 is 0 Å². The van der Waals surface area contributed by atoms with Crippen molar-refractivity contribution < 1.29 is 4.79 Å². The van der Waals surface area contributed by atoms with E-state index in [1.807, 2.05) is 0 Å². The normalized spacial score (nSPS) is 16.6. The summed E-state index contributed by atoms with van der Waals surface area (Å²) in [5, 5.41) is 3.05. The highest BCUT2D eigenvalue weighted by Crippen LogP contribution is 2.32. The minimum absolute atomic E-state index is 0.0854. The first kappa shape index (κ1) is 16.4. The van der Waals surface area contributed by atoms with Gasteiger partial charge in [-0.2, -0.15) is 0 Å². The number of hydrogen-bond donors (Lipinski definition) is 2. The lowest BCUT2D eigenvalue weighted by Crippen LogP contribution is -2.42. The molecule has 0 bridgehead atoms. The van der Waals surface area contributed by atoms with Gasteiger partial charge in [-0.25, -0.2) is 0 Å². The smallest absolute Gasteiger partial charge is 0.230 e. The molecular weight excluding hydrogens is 280 g/mol. The lowest BCUT2D eigenvalue weighted by Gasteiger charge is -2.19. The van der Waals surface area contributed by atoms with Crippen LogP contribution in [0.5, 0.6) is 0 Å². The Kier molecular flexibility index (Phi) is 5.33. The van der Waals surface area contributed by atoms with Crippen molar-refractivity contribution in [1.82, 2.24) is 5.32 Å². The van der Waals surface area contributed by atoms with E-state index in [0.717, 1.165) is 4.90 Å². The van der Waals surface area contributed by atoms with Crippen LogP contribution in [0.2, 0.25) is 0 Å². The summed E-state index contributed by atoms with van der Waals surface area (Å²) < 4.78 is 0. The number of nitrogens with one attached hydrogen (secondary N) is 1. The second-order valence-corrected chi connectivity index (χ2v) is 7.86. The highest BCUT2D eigenvalue weighted by molar-refractivity contribution is 8.00. The third-order valence-electron chi connectivity index (χ3n) is 3.88. The van der Waals surface area contributed by atoms with E-state index < -0.39 is 0 Å². The lowest BCUT2D eigenvalue weighted by molar-refractivity contribution is -0.119. The van der Waals surface area contributed by atoms with Crippen molar-refractivity contribution in [3.63, 3.8) is 0 Å². The molecule has 0 saturated heterocycles. The van der Waals surface area contributed by atoms with E-state index in [1.165, 1.54) is 18.4 Å². The number of amides is 1. The third-order valence-corrected chi connectivity index (χ3v) is 4.89. The van der Waals surface area contributed by atoms with Crippen molar-refractivity contribution in [3.8, 4) is 0 Å². The first-order chi connectivity index (χ1) is 9.90. The van der Waals surface area contributed by atoms with E-state index >= 15 is 0 Å². The predicted octanol–water partition coefficient (Wildman–Crippen LogP) is 2.93. The van der Waals surface area contributed by atoms with Crippen LogP contribution in [0.15, 0.2) is 29.2 Å². The molecule has 4 heteroatoms. The van der Waals surface area contributed by atoms with Crippen LogP contribution in [0, 0.1) is 5.92 Å². The number of benzene rings is 1. The molecule has 1 unspecified atom stereocenters. The van der Waals surface area contributed by atoms with Crippen LogP contribution in [0.1, 0.15) is 39.2 Å². The van der Waals surface area contributed by atoms with E-state index in [1.54, 1.807) is 11.8 Å². The number of nitrogens with two attached hydrogens (primary N) is 1. The molecule has 1 aromatic carbocycles. The lowest BCUT2D eigenvalue weighted by atomic mass is 9.87. The Hall–Kier alpha value is -1.00. The highest BCUT2D eigenvalue weighted by atomic mass is 32.2. The molecular formula is C17H26N2OS. The number of carbonyl (C=O) groups is 1. The van der Waals surface area contributed by atoms with Gasteiger partial charge in [-0.15, -0.1) is 11.8 Å². The maximum absolute atomic E-state index is 12.0. The molecule has 1 aromatic rings. The topological polar surface area (TPSA) is 55.1 Å². The molecule has 0 heterocycles. The van der Waals surface area contributed by atoms with Gasteiger partial charge in [0.1, 0.15) is 0 Å². The zero-order valence-electron chi connectivity index (χ0n) is 13.2. The molecule has 116 valence electrons. The van der Waals surface area contributed by atoms with Crippen LogP contribution in [0.25, 0.3) is 0 Å². The zero-order valence-corrected chi connectivity index (χ0v) is 14.0. The average Bonchev–Trinajstić information content (AvgIpc) is 3.26. The minimum Gasteiger partial charge on any atom is -0.351 e. The van der Waals surface area contributed by atoms with E-state index in [2.05, 4.69) is 50.4 Å². The number of hydrogen-bond acceptors (Lipinski definition) is 3. The Morgan fingerprint density at radius 1 is 1.33 bits per heavy atom. The summed E-state index contributed by atoms with van der Waals surface area (Å²) in [6.45, 7) is 7.15. The van der Waals surface area contributed by atoms with Gasteiger partial charge < -0.3 is 11.1 Å². The molecule has 3 N–H and O–H groups in total. The number of rotatable bonds is 6. The second-order valence-electron chi connectivity index (χ2n) is 6.81. The van der Waals surface area contributed by atoms with E-state index in [9.17, 15) is 4.79 Å². The third kappa shape index (κ3) is 5.04. The Morgan fingerprint density at radius 3 is 2.43 bits per heavy atom. The molecule has 1 aliphatic carbocycles. The molecule has 0 spiro atoms. The fourth-order valence-corrected chi connectivity index (χ4v) is 3.03. The molecule has 2 rings (SSSR count). The summed E-state index contributed by atoms with van der Waals surface area (Å²) in [4.78, 5) is 13.1. The van der Waals surface area contributed by atoms with Crippen LogP contribution in [0.4, 0.5) is 0 Å². The van der Waals surface area contributed by atoms with E-state index in [4.69, 9.17) is 5.73 Å². The molecule has 3 nitrogen and oxygen atoms in total. The SMILES string of the molecule is CC(C)(C)c1ccc(SCC(=O)NC(CN)C2CC2)cc1. The predicted molar refractivity (Wildman–Crippen MR) is 89.6 cm³/mol. The Morgan fingerprint density at radius 2 is 1.95 bits per heavy atom. The first-order valence-electron chi connectivity index (χ1n) is 7.63. The van der Waals surface area contributed by atoms with Crippen LogP contribution in [0.3, 0.4) is 0 Å². The second kappa shape index (κ2) is 6.84. The number of thioether (sulfide) groups is 1. The summed E-state index contributed by atoms with van der Waals surface area (Å²) >= 11 is 1.58. The first-order valence-corrected chi connectivity index (χ1v) is 8.61. The molecule has 1 atom stereocenters. The molecule has 0 radical (unpaired) electrons. The Balaban J connectivity index is 1.80. The molecule has 1 amide bonds. The summed E-state index contributed by atoms with van der Waals surface area (Å²) in [7, 11) is 0. The summed E-state index contributed by atoms with van der Waals surface area (Å²) in [6.07, 6.45) is 2.40. The molecule has 0 aromatic heterocycles. The van der Waals surface area contributed by atoms with Crippen molar-refractivity contribution >= 4 is 17.7 Å². The monoisotopic (exact) mass is 306 g/mol. The largest absolute Gasteiger partial charge is 0.351 e. The van der Waals surface area contributed by atoms with Crippen molar-refractivity contribution in [2.24, 2.45) is 11.7 Å². The van der Waals surface area contributed by atoms with Gasteiger partial charge in [-0.05, 0) is 41.9 Å². The van der Waals surface area contributed by atoms with Crippen molar-refractivity contribution in [3.05, 3.63) is 29.8 Å². The van der Waals surface area contributed by atoms with E-state index in [-0.39, 0.29) is 17.4 Å². The van der Waals surface area contributed by atoms with Gasteiger partial charge in [0.2, 0.25) is 5.91 Å². The molecule has 1 saturated carbocycles. The van der Waals surface area contributed by atoms with Crippen LogP contribution in [-0.4, -0.2) is 24.2 Å². The van der Waals surface area contributed by atoms with Gasteiger partial charge in [0.25, 0.3) is 0 Å². The molecule has 1 aliphatic rings. The van der Waals surface area contributed by atoms with Crippen LogP contribution in [-0.2, 0) is 10.2 Å². The Labute approximate surface area is 132 Å². The maximum atomic E-state index is 12.0. The standard InChI is InChI=1S/C17H26N2OS/c1-17(2,3)13-6-8-14(9-7-13)21-11-16(20)19-15(10-18)12-4-5-12/h6-9,12,15H,4-5,10-11,18H2,1-3H3,(H,19,20). The van der Waals surface area contributed by atoms with E-state index in [0.29, 0.717) is 18.2 Å². The maximum Gasteiger partial charge on any atom is 0.230 e. The summed E-state index contributed by atoms with van der Waals surface area (Å²) in [5.41, 5.74) is 7.18. The zero-order chi connectivity index (χ0) is 15.5. The fraction of sp³-hybridized carbons (Fsp3) is 0.588. The van der Waals surface area contributed by atoms with Gasteiger partial charge in [-0.3, -0.25) is 4.79 Å². The van der Waals surface area contributed by atoms with Crippen LogP contribution >= 0.6 is 11.8 Å². The van der Waals surface area contributed by atoms with Gasteiger partial charge in [0, 0.05) is 17.5 Å². The van der Waals surface area contributed by atoms with Crippen molar-refractivity contribution in [2.75, 3.05) is 12.3 Å². The minimum atomic E-state index is 0.0854. The molecule has 0 aliphatic heterocycles. The van der Waals surface area contributed by atoms with Gasteiger partial charge in [0.05, 0.1) is 5.75 Å². The quantitative estimate of drug-likeness (QED) is 0.795. The fourth-order valence-electron chi connectivity index (χ4n) is 2.32. The van der Waals surface area contributed by atoms with Gasteiger partial charge in [-0.1, -0.05) is 32.9 Å². The van der Waals surface area contributed by atoms with Crippen molar-refractivity contribution in [1.29, 1.82) is 0 Å². The van der Waals surface area contributed by atoms with Crippen LogP contribution < -0.4 is 11.1 Å². The van der Waals surface area contributed by atoms with Crippen molar-refractivity contribution in [2.45, 2.75) is 50.0 Å². The van der Waals surface area contributed by atoms with Gasteiger partial charge in [0.15, 0.2) is 0 Å². The highest BCUT2D eigenvalue weighted by Gasteiger charge is 2.31. The summed E-state index contributed by atoms with van der Waals surface area (Å²) in [5.74, 6) is 1.15.